The first-order valence-corrected chi connectivity index (χ1v) is 6.13. The Kier molecular flexibility index (Phi) is 3.72. The molecule has 4 N–H and O–H groups in total. The van der Waals surface area contributed by atoms with Gasteiger partial charge in [-0.2, -0.15) is 0 Å². The van der Waals surface area contributed by atoms with Crippen LogP contribution in [0, 0.1) is 5.92 Å². The fourth-order valence-electron chi connectivity index (χ4n) is 2.24. The highest BCUT2D eigenvalue weighted by atomic mass is 16.3. The molecule has 1 heterocycles. The Bertz CT molecular complexity index is 440. The van der Waals surface area contributed by atoms with Gasteiger partial charge in [-0.15, -0.1) is 0 Å². The van der Waals surface area contributed by atoms with E-state index in [1.54, 1.807) is 4.90 Å². The number of likely N-dealkylation sites (tertiary alicyclic amines) is 1. The van der Waals surface area contributed by atoms with Crippen LogP contribution in [-0.4, -0.2) is 40.7 Å². The van der Waals surface area contributed by atoms with Crippen LogP contribution < -0.4 is 5.73 Å². The van der Waals surface area contributed by atoms with E-state index in [2.05, 4.69) is 0 Å². The first kappa shape index (κ1) is 12.7. The van der Waals surface area contributed by atoms with Gasteiger partial charge in [-0.1, -0.05) is 0 Å². The Balaban J connectivity index is 2.10. The minimum absolute atomic E-state index is 0.0204. The van der Waals surface area contributed by atoms with Crippen LogP contribution >= 0.6 is 0 Å². The summed E-state index contributed by atoms with van der Waals surface area (Å²) >= 11 is 0. The number of hydrogen-bond donors (Lipinski definition) is 3. The Hall–Kier alpha value is -1.75. The number of nitrogens with two attached hydrogens (primary N) is 1. The van der Waals surface area contributed by atoms with Gasteiger partial charge in [-0.25, -0.2) is 0 Å². The van der Waals surface area contributed by atoms with Crippen molar-refractivity contribution >= 4 is 5.91 Å². The van der Waals surface area contributed by atoms with E-state index in [1.807, 2.05) is 0 Å². The van der Waals surface area contributed by atoms with Gasteiger partial charge < -0.3 is 20.8 Å². The highest BCUT2D eigenvalue weighted by Crippen LogP contribution is 2.25. The lowest BCUT2D eigenvalue weighted by molar-refractivity contribution is 0.0690. The van der Waals surface area contributed by atoms with Crippen molar-refractivity contribution in [3.63, 3.8) is 0 Å². The Morgan fingerprint density at radius 3 is 2.61 bits per heavy atom. The standard InChI is InChI=1S/C13H18N2O3/c14-8-9-3-5-15(6-4-9)13(18)11-7-10(16)1-2-12(11)17/h1-2,7,9,16-17H,3-6,8,14H2. The van der Waals surface area contributed by atoms with Crippen LogP contribution in [0.15, 0.2) is 18.2 Å². The van der Waals surface area contributed by atoms with Gasteiger partial charge in [0, 0.05) is 13.1 Å². The highest BCUT2D eigenvalue weighted by molar-refractivity contribution is 5.97. The van der Waals surface area contributed by atoms with Crippen molar-refractivity contribution in [2.75, 3.05) is 19.6 Å². The van der Waals surface area contributed by atoms with Crippen molar-refractivity contribution in [3.05, 3.63) is 23.8 Å². The molecule has 0 aromatic heterocycles. The summed E-state index contributed by atoms with van der Waals surface area (Å²) in [5.41, 5.74) is 5.76. The number of rotatable bonds is 2. The number of carbonyl (C=O) groups excluding carboxylic acids is 1. The molecule has 0 aliphatic carbocycles. The summed E-state index contributed by atoms with van der Waals surface area (Å²) in [5.74, 6) is 0.123. The highest BCUT2D eigenvalue weighted by Gasteiger charge is 2.24. The van der Waals surface area contributed by atoms with Crippen molar-refractivity contribution in [1.82, 2.24) is 4.90 Å². The Morgan fingerprint density at radius 1 is 1.33 bits per heavy atom. The molecule has 18 heavy (non-hydrogen) atoms. The van der Waals surface area contributed by atoms with Crippen LogP contribution in [-0.2, 0) is 0 Å². The van der Waals surface area contributed by atoms with E-state index in [-0.39, 0.29) is 23.0 Å². The summed E-state index contributed by atoms with van der Waals surface area (Å²) in [7, 11) is 0. The first-order valence-electron chi connectivity index (χ1n) is 6.13. The van der Waals surface area contributed by atoms with Gasteiger partial charge in [0.25, 0.3) is 5.91 Å². The summed E-state index contributed by atoms with van der Waals surface area (Å²) in [6, 6.07) is 3.98. The van der Waals surface area contributed by atoms with E-state index < -0.39 is 0 Å². The number of benzene rings is 1. The molecule has 1 fully saturated rings. The van der Waals surface area contributed by atoms with E-state index in [9.17, 15) is 15.0 Å². The minimum Gasteiger partial charge on any atom is -0.508 e. The molecule has 0 saturated carbocycles. The number of phenols is 2. The molecule has 0 bridgehead atoms. The van der Waals surface area contributed by atoms with Crippen molar-refractivity contribution < 1.29 is 15.0 Å². The molecule has 2 rings (SSSR count). The first-order chi connectivity index (χ1) is 8.61. The molecule has 0 radical (unpaired) electrons. The van der Waals surface area contributed by atoms with E-state index in [0.717, 1.165) is 12.8 Å². The van der Waals surface area contributed by atoms with Crippen molar-refractivity contribution in [2.45, 2.75) is 12.8 Å². The number of hydrogen-bond acceptors (Lipinski definition) is 4. The number of carbonyl (C=O) groups is 1. The largest absolute Gasteiger partial charge is 0.508 e. The van der Waals surface area contributed by atoms with Crippen molar-refractivity contribution in [3.8, 4) is 11.5 Å². The topological polar surface area (TPSA) is 86.8 Å². The number of nitrogens with zero attached hydrogens (tertiary/aromatic N) is 1. The van der Waals surface area contributed by atoms with Crippen molar-refractivity contribution in [2.24, 2.45) is 11.7 Å². The van der Waals surface area contributed by atoms with Crippen LogP contribution in [0.5, 0.6) is 11.5 Å². The predicted octanol–water partition coefficient (Wildman–Crippen LogP) is 0.909. The third-order valence-electron chi connectivity index (χ3n) is 3.45. The zero-order valence-corrected chi connectivity index (χ0v) is 10.2. The van der Waals surface area contributed by atoms with Crippen LogP contribution in [0.4, 0.5) is 0 Å². The second-order valence-electron chi connectivity index (χ2n) is 4.67. The van der Waals surface area contributed by atoms with Gasteiger partial charge in [0.1, 0.15) is 11.5 Å². The minimum atomic E-state index is -0.237. The van der Waals surface area contributed by atoms with Gasteiger partial charge in [-0.3, -0.25) is 4.79 Å². The van der Waals surface area contributed by atoms with Gasteiger partial charge in [0.2, 0.25) is 0 Å². The maximum atomic E-state index is 12.2. The maximum absolute atomic E-state index is 12.2. The van der Waals surface area contributed by atoms with Crippen LogP contribution in [0.3, 0.4) is 0 Å². The molecule has 0 spiro atoms. The molecule has 1 aromatic rings. The van der Waals surface area contributed by atoms with Gasteiger partial charge >= 0.3 is 0 Å². The maximum Gasteiger partial charge on any atom is 0.257 e. The molecule has 1 aliphatic rings. The lowest BCUT2D eigenvalue weighted by atomic mass is 9.96. The van der Waals surface area contributed by atoms with Gasteiger partial charge in [0.05, 0.1) is 5.56 Å². The molecule has 1 aromatic carbocycles. The quantitative estimate of drug-likeness (QED) is 0.681. The second kappa shape index (κ2) is 5.27. The third-order valence-corrected chi connectivity index (χ3v) is 3.45. The molecule has 1 saturated heterocycles. The summed E-state index contributed by atoms with van der Waals surface area (Å²) in [6.07, 6.45) is 1.78. The van der Waals surface area contributed by atoms with Crippen LogP contribution in [0.2, 0.25) is 0 Å². The number of aromatic hydroxyl groups is 2. The molecule has 0 atom stereocenters. The van der Waals surface area contributed by atoms with E-state index in [1.165, 1.54) is 18.2 Å². The zero-order valence-electron chi connectivity index (χ0n) is 10.2. The van der Waals surface area contributed by atoms with Gasteiger partial charge in [0.15, 0.2) is 0 Å². The van der Waals surface area contributed by atoms with E-state index in [0.29, 0.717) is 25.6 Å². The Morgan fingerprint density at radius 2 is 2.00 bits per heavy atom. The lowest BCUT2D eigenvalue weighted by Crippen LogP contribution is -2.40. The smallest absolute Gasteiger partial charge is 0.257 e. The van der Waals surface area contributed by atoms with Crippen molar-refractivity contribution in [1.29, 1.82) is 0 Å². The van der Waals surface area contributed by atoms with E-state index >= 15 is 0 Å². The van der Waals surface area contributed by atoms with E-state index in [4.69, 9.17) is 5.73 Å². The molecular formula is C13H18N2O3. The van der Waals surface area contributed by atoms with Crippen LogP contribution in [0.25, 0.3) is 0 Å². The van der Waals surface area contributed by atoms with Crippen LogP contribution in [0.1, 0.15) is 23.2 Å². The molecule has 1 aliphatic heterocycles. The number of piperidine rings is 1. The molecule has 98 valence electrons. The normalized spacial score (nSPS) is 16.8. The molecule has 1 amide bonds. The summed E-state index contributed by atoms with van der Waals surface area (Å²) < 4.78 is 0. The predicted molar refractivity (Wildman–Crippen MR) is 67.5 cm³/mol. The molecule has 5 nitrogen and oxygen atoms in total. The average Bonchev–Trinajstić information content (AvgIpc) is 2.41. The Labute approximate surface area is 106 Å². The fraction of sp³-hybridized carbons (Fsp3) is 0.462. The number of amides is 1. The zero-order chi connectivity index (χ0) is 13.1. The van der Waals surface area contributed by atoms with Gasteiger partial charge in [-0.05, 0) is 43.5 Å². The SMILES string of the molecule is NCC1CCN(C(=O)c2cc(O)ccc2O)CC1. The molecule has 0 unspecified atom stereocenters. The molecular weight excluding hydrogens is 232 g/mol. The lowest BCUT2D eigenvalue weighted by Gasteiger charge is -2.31. The average molecular weight is 250 g/mol. The summed E-state index contributed by atoms with van der Waals surface area (Å²) in [6.45, 7) is 1.95. The monoisotopic (exact) mass is 250 g/mol. The molecule has 5 heteroatoms. The third kappa shape index (κ3) is 2.56. The fourth-order valence-corrected chi connectivity index (χ4v) is 2.24. The summed E-state index contributed by atoms with van der Waals surface area (Å²) in [5, 5.41) is 19.0. The number of phenolic OH excluding ortho intramolecular Hbond substituents is 2. The summed E-state index contributed by atoms with van der Waals surface area (Å²) in [4.78, 5) is 13.9. The second-order valence-corrected chi connectivity index (χ2v) is 4.67.